The topological polar surface area (TPSA) is 38.4 Å². The van der Waals surface area contributed by atoms with Gasteiger partial charge in [-0.2, -0.15) is 0 Å². The molecule has 0 aliphatic carbocycles. The van der Waals surface area contributed by atoms with Crippen LogP contribution in [0.5, 0.6) is 0 Å². The fraction of sp³-hybridized carbons (Fsp3) is 0.188. The summed E-state index contributed by atoms with van der Waals surface area (Å²) in [6, 6.07) is 18.1. The molecule has 0 bridgehead atoms. The van der Waals surface area contributed by atoms with Crippen LogP contribution in [-0.2, 0) is 6.42 Å². The van der Waals surface area contributed by atoms with E-state index in [4.69, 9.17) is 5.73 Å². The highest BCUT2D eigenvalue weighted by Crippen LogP contribution is 2.16. The molecule has 0 atom stereocenters. The third kappa shape index (κ3) is 3.20. The van der Waals surface area contributed by atoms with Gasteiger partial charge in [0, 0.05) is 5.56 Å². The lowest BCUT2D eigenvalue weighted by atomic mass is 10.1. The molecule has 2 rings (SSSR count). The fourth-order valence-corrected chi connectivity index (χ4v) is 1.88. The van der Waals surface area contributed by atoms with Gasteiger partial charge in [0.25, 0.3) is 0 Å². The molecule has 2 heteroatoms. The number of amidine groups is 1. The molecule has 2 aromatic carbocycles. The summed E-state index contributed by atoms with van der Waals surface area (Å²) in [7, 11) is 0. The van der Waals surface area contributed by atoms with Crippen molar-refractivity contribution in [1.82, 2.24) is 0 Å². The average molecular weight is 238 g/mol. The molecule has 0 aromatic heterocycles. The zero-order valence-electron chi connectivity index (χ0n) is 10.6. The Balaban J connectivity index is 2.24. The van der Waals surface area contributed by atoms with Crippen molar-refractivity contribution in [1.29, 1.82) is 0 Å². The number of aryl methyl sites for hydroxylation is 1. The van der Waals surface area contributed by atoms with E-state index in [0.717, 1.165) is 24.1 Å². The molecule has 0 heterocycles. The lowest BCUT2D eigenvalue weighted by molar-refractivity contribution is 0.922. The largest absolute Gasteiger partial charge is 0.383 e. The van der Waals surface area contributed by atoms with Crippen molar-refractivity contribution in [3.63, 3.8) is 0 Å². The standard InChI is InChI=1S/C16H18N2/c1-2-7-13-8-6-11-15(12-13)18-16(17)14-9-4-3-5-10-14/h3-6,8-12H,2,7H2,1H3,(H2,17,18). The third-order valence-corrected chi connectivity index (χ3v) is 2.77. The number of nitrogens with zero attached hydrogens (tertiary/aromatic N) is 1. The number of nitrogens with two attached hydrogens (primary N) is 1. The van der Waals surface area contributed by atoms with Crippen molar-refractivity contribution < 1.29 is 0 Å². The van der Waals surface area contributed by atoms with E-state index >= 15 is 0 Å². The number of hydrogen-bond acceptors (Lipinski definition) is 1. The number of rotatable bonds is 4. The Morgan fingerprint density at radius 3 is 2.56 bits per heavy atom. The summed E-state index contributed by atoms with van der Waals surface area (Å²) < 4.78 is 0. The highest BCUT2D eigenvalue weighted by atomic mass is 14.9. The molecule has 0 aliphatic heterocycles. The fourth-order valence-electron chi connectivity index (χ4n) is 1.88. The first-order valence-electron chi connectivity index (χ1n) is 6.28. The van der Waals surface area contributed by atoms with Gasteiger partial charge in [-0.3, -0.25) is 0 Å². The minimum absolute atomic E-state index is 0.559. The van der Waals surface area contributed by atoms with Crippen molar-refractivity contribution in [2.24, 2.45) is 10.7 Å². The first kappa shape index (κ1) is 12.4. The van der Waals surface area contributed by atoms with E-state index in [1.807, 2.05) is 42.5 Å². The van der Waals surface area contributed by atoms with E-state index in [-0.39, 0.29) is 0 Å². The van der Waals surface area contributed by atoms with Crippen molar-refractivity contribution in [3.8, 4) is 0 Å². The predicted octanol–water partition coefficient (Wildman–Crippen LogP) is 3.68. The molecule has 0 amide bonds. The monoisotopic (exact) mass is 238 g/mol. The first-order valence-corrected chi connectivity index (χ1v) is 6.28. The Labute approximate surface area is 108 Å². The molecule has 0 saturated heterocycles. The first-order chi connectivity index (χ1) is 8.79. The van der Waals surface area contributed by atoms with Crippen molar-refractivity contribution in [2.75, 3.05) is 0 Å². The summed E-state index contributed by atoms with van der Waals surface area (Å²) in [5.74, 6) is 0.559. The molecule has 0 radical (unpaired) electrons. The van der Waals surface area contributed by atoms with Crippen LogP contribution < -0.4 is 5.73 Å². The molecular weight excluding hydrogens is 220 g/mol. The second kappa shape index (κ2) is 6.01. The van der Waals surface area contributed by atoms with Gasteiger partial charge in [0.05, 0.1) is 5.69 Å². The molecule has 0 unspecified atom stereocenters. The summed E-state index contributed by atoms with van der Waals surface area (Å²) in [5.41, 5.74) is 9.18. The molecule has 2 aromatic rings. The Hall–Kier alpha value is -2.09. The zero-order chi connectivity index (χ0) is 12.8. The molecule has 2 nitrogen and oxygen atoms in total. The van der Waals surface area contributed by atoms with Crippen molar-refractivity contribution in [2.45, 2.75) is 19.8 Å². The van der Waals surface area contributed by atoms with Crippen LogP contribution in [0, 0.1) is 0 Å². The van der Waals surface area contributed by atoms with Gasteiger partial charge in [-0.25, -0.2) is 4.99 Å². The Morgan fingerprint density at radius 1 is 1.06 bits per heavy atom. The van der Waals surface area contributed by atoms with Crippen LogP contribution in [0.15, 0.2) is 59.6 Å². The molecule has 0 spiro atoms. The van der Waals surface area contributed by atoms with Gasteiger partial charge in [-0.15, -0.1) is 0 Å². The third-order valence-electron chi connectivity index (χ3n) is 2.77. The summed E-state index contributed by atoms with van der Waals surface area (Å²) in [6.45, 7) is 2.17. The number of aliphatic imine (C=N–C) groups is 1. The zero-order valence-corrected chi connectivity index (χ0v) is 10.6. The van der Waals surface area contributed by atoms with E-state index in [1.165, 1.54) is 5.56 Å². The molecule has 0 fully saturated rings. The number of hydrogen-bond donors (Lipinski definition) is 1. The SMILES string of the molecule is CCCc1cccc(N=C(N)c2ccccc2)c1. The summed E-state index contributed by atoms with van der Waals surface area (Å²) >= 11 is 0. The van der Waals surface area contributed by atoms with Crippen LogP contribution in [-0.4, -0.2) is 5.84 Å². The minimum atomic E-state index is 0.559. The van der Waals surface area contributed by atoms with Crippen LogP contribution in [0.2, 0.25) is 0 Å². The van der Waals surface area contributed by atoms with Crippen LogP contribution >= 0.6 is 0 Å². The van der Waals surface area contributed by atoms with Crippen molar-refractivity contribution >= 4 is 11.5 Å². The maximum absolute atomic E-state index is 6.00. The highest BCUT2D eigenvalue weighted by Gasteiger charge is 1.98. The van der Waals surface area contributed by atoms with Gasteiger partial charge in [0.2, 0.25) is 0 Å². The predicted molar refractivity (Wildman–Crippen MR) is 77.3 cm³/mol. The van der Waals surface area contributed by atoms with Gasteiger partial charge in [0.15, 0.2) is 0 Å². The van der Waals surface area contributed by atoms with Crippen molar-refractivity contribution in [3.05, 3.63) is 65.7 Å². The second-order valence-electron chi connectivity index (χ2n) is 4.28. The van der Waals surface area contributed by atoms with Gasteiger partial charge in [0.1, 0.15) is 5.84 Å². The molecule has 18 heavy (non-hydrogen) atoms. The van der Waals surface area contributed by atoms with Crippen LogP contribution in [0.3, 0.4) is 0 Å². The smallest absolute Gasteiger partial charge is 0.131 e. The molecule has 2 N–H and O–H groups in total. The lowest BCUT2D eigenvalue weighted by Crippen LogP contribution is -2.12. The van der Waals surface area contributed by atoms with E-state index in [9.17, 15) is 0 Å². The van der Waals surface area contributed by atoms with Gasteiger partial charge < -0.3 is 5.73 Å². The quantitative estimate of drug-likeness (QED) is 0.640. The van der Waals surface area contributed by atoms with Crippen LogP contribution in [0.4, 0.5) is 5.69 Å². The van der Waals surface area contributed by atoms with Crippen LogP contribution in [0.1, 0.15) is 24.5 Å². The summed E-state index contributed by atoms with van der Waals surface area (Å²) in [5, 5.41) is 0. The molecular formula is C16H18N2. The molecule has 0 aliphatic rings. The van der Waals surface area contributed by atoms with Crippen LogP contribution in [0.25, 0.3) is 0 Å². The maximum atomic E-state index is 6.00. The second-order valence-corrected chi connectivity index (χ2v) is 4.28. The van der Waals surface area contributed by atoms with Gasteiger partial charge in [-0.05, 0) is 24.1 Å². The normalized spacial score (nSPS) is 11.5. The average Bonchev–Trinajstić information content (AvgIpc) is 2.40. The lowest BCUT2D eigenvalue weighted by Gasteiger charge is -2.03. The van der Waals surface area contributed by atoms with E-state index < -0.39 is 0 Å². The number of benzene rings is 2. The molecule has 92 valence electrons. The van der Waals surface area contributed by atoms with E-state index in [1.54, 1.807) is 0 Å². The van der Waals surface area contributed by atoms with E-state index in [2.05, 4.69) is 24.0 Å². The Bertz CT molecular complexity index is 530. The summed E-state index contributed by atoms with van der Waals surface area (Å²) in [4.78, 5) is 4.47. The minimum Gasteiger partial charge on any atom is -0.383 e. The Morgan fingerprint density at radius 2 is 1.83 bits per heavy atom. The Kier molecular flexibility index (Phi) is 4.13. The van der Waals surface area contributed by atoms with Gasteiger partial charge >= 0.3 is 0 Å². The summed E-state index contributed by atoms with van der Waals surface area (Å²) in [6.07, 6.45) is 2.22. The molecule has 0 saturated carbocycles. The maximum Gasteiger partial charge on any atom is 0.131 e. The van der Waals surface area contributed by atoms with E-state index in [0.29, 0.717) is 5.84 Å². The highest BCUT2D eigenvalue weighted by molar-refractivity contribution is 5.98. The van der Waals surface area contributed by atoms with Gasteiger partial charge in [-0.1, -0.05) is 55.8 Å².